The number of benzene rings is 8. The van der Waals surface area contributed by atoms with E-state index in [-0.39, 0.29) is 46.5 Å². The predicted octanol–water partition coefficient (Wildman–Crippen LogP) is 12.0. The smallest absolute Gasteiger partial charge is 0.136 e. The Balaban J connectivity index is 1.33. The lowest BCUT2D eigenvalue weighted by Gasteiger charge is -2.18. The lowest BCUT2D eigenvalue weighted by molar-refractivity contribution is 0.669. The molecule has 0 aliphatic carbocycles. The van der Waals surface area contributed by atoms with Gasteiger partial charge in [-0.2, -0.15) is 0 Å². The van der Waals surface area contributed by atoms with E-state index >= 15 is 0 Å². The van der Waals surface area contributed by atoms with Crippen LogP contribution in [0.5, 0.6) is 0 Å². The molecule has 1 heterocycles. The molecule has 0 saturated carbocycles. The number of para-hydroxylation sites is 1. The summed E-state index contributed by atoms with van der Waals surface area (Å²) in [5.41, 5.74) is 6.34. The molecule has 9 rings (SSSR count). The zero-order valence-corrected chi connectivity index (χ0v) is 22.9. The maximum atomic E-state index is 8.93. The van der Waals surface area contributed by atoms with Crippen molar-refractivity contribution in [3.8, 4) is 33.4 Å². The molecule has 0 spiro atoms. The third-order valence-corrected chi connectivity index (χ3v) is 8.35. The summed E-state index contributed by atoms with van der Waals surface area (Å²) in [7, 11) is 0. The average Bonchev–Trinajstić information content (AvgIpc) is 3.52. The normalized spacial score (nSPS) is 14.0. The summed E-state index contributed by atoms with van der Waals surface area (Å²) < 4.78 is 66.3. The summed E-state index contributed by atoms with van der Waals surface area (Å²) >= 11 is 0. The summed E-state index contributed by atoms with van der Waals surface area (Å²) in [6.45, 7) is 0. The minimum atomic E-state index is -0.467. The molecule has 1 nitrogen and oxygen atoms in total. The molecular formula is C42H26O. The van der Waals surface area contributed by atoms with Gasteiger partial charge in [0.15, 0.2) is 0 Å². The van der Waals surface area contributed by atoms with Gasteiger partial charge >= 0.3 is 0 Å². The predicted molar refractivity (Wildman–Crippen MR) is 183 cm³/mol. The van der Waals surface area contributed by atoms with Crippen LogP contribution in [0.4, 0.5) is 0 Å². The van der Waals surface area contributed by atoms with E-state index in [0.717, 1.165) is 65.7 Å². The highest BCUT2D eigenvalue weighted by Crippen LogP contribution is 2.45. The van der Waals surface area contributed by atoms with Crippen molar-refractivity contribution in [1.29, 1.82) is 0 Å². The van der Waals surface area contributed by atoms with E-state index in [1.807, 2.05) is 60.7 Å². The highest BCUT2D eigenvalue weighted by Gasteiger charge is 2.18. The van der Waals surface area contributed by atoms with Gasteiger partial charge in [-0.05, 0) is 90.0 Å². The van der Waals surface area contributed by atoms with E-state index in [2.05, 4.69) is 48.5 Å². The van der Waals surface area contributed by atoms with Crippen LogP contribution in [0, 0.1) is 0 Å². The van der Waals surface area contributed by atoms with Gasteiger partial charge in [0.25, 0.3) is 0 Å². The van der Waals surface area contributed by atoms with Crippen LogP contribution in [0.2, 0.25) is 0 Å². The lowest BCUT2D eigenvalue weighted by Crippen LogP contribution is -1.91. The largest absolute Gasteiger partial charge is 0.456 e. The number of hydrogen-bond donors (Lipinski definition) is 0. The first-order valence-electron chi connectivity index (χ1n) is 17.7. The van der Waals surface area contributed by atoms with Crippen LogP contribution in [0.15, 0.2) is 162 Å². The molecule has 0 bridgehead atoms. The molecule has 9 aromatic rings. The summed E-state index contributed by atoms with van der Waals surface area (Å²) in [6.07, 6.45) is 0. The molecule has 1 aromatic heterocycles. The molecule has 0 unspecified atom stereocenters. The molecule has 0 aliphatic rings. The second-order valence-corrected chi connectivity index (χ2v) is 10.7. The molecule has 0 radical (unpaired) electrons. The lowest BCUT2D eigenvalue weighted by atomic mass is 9.85. The molecule has 1 heteroatoms. The number of furan rings is 1. The molecule has 0 N–H and O–H groups in total. The second kappa shape index (κ2) is 9.44. The minimum Gasteiger partial charge on any atom is -0.456 e. The van der Waals surface area contributed by atoms with Gasteiger partial charge in [-0.25, -0.2) is 0 Å². The van der Waals surface area contributed by atoms with E-state index in [1.165, 1.54) is 0 Å². The molecule has 200 valence electrons. The molecule has 43 heavy (non-hydrogen) atoms. The van der Waals surface area contributed by atoms with Crippen LogP contribution in [0.3, 0.4) is 0 Å². The Morgan fingerprint density at radius 1 is 0.395 bits per heavy atom. The molecule has 8 aromatic carbocycles. The second-order valence-electron chi connectivity index (χ2n) is 10.7. The monoisotopic (exact) mass is 553 g/mol. The van der Waals surface area contributed by atoms with Gasteiger partial charge in [-0.15, -0.1) is 0 Å². The fourth-order valence-corrected chi connectivity index (χ4v) is 6.49. The topological polar surface area (TPSA) is 13.1 Å². The Morgan fingerprint density at radius 2 is 0.977 bits per heavy atom. The van der Waals surface area contributed by atoms with Gasteiger partial charge in [0.2, 0.25) is 0 Å². The van der Waals surface area contributed by atoms with Crippen molar-refractivity contribution < 1.29 is 14.0 Å². The van der Waals surface area contributed by atoms with E-state index in [1.54, 1.807) is 6.07 Å². The van der Waals surface area contributed by atoms with E-state index < -0.39 is 12.1 Å². The van der Waals surface area contributed by atoms with Gasteiger partial charge in [0, 0.05) is 10.8 Å². The van der Waals surface area contributed by atoms with Crippen molar-refractivity contribution in [3.05, 3.63) is 158 Å². The van der Waals surface area contributed by atoms with Crippen molar-refractivity contribution >= 4 is 54.3 Å². The van der Waals surface area contributed by atoms with Gasteiger partial charge < -0.3 is 4.42 Å². The van der Waals surface area contributed by atoms with Crippen LogP contribution < -0.4 is 0 Å². The summed E-state index contributed by atoms with van der Waals surface area (Å²) in [4.78, 5) is 0. The van der Waals surface area contributed by atoms with Crippen molar-refractivity contribution in [2.75, 3.05) is 0 Å². The van der Waals surface area contributed by atoms with Crippen LogP contribution in [0.25, 0.3) is 87.6 Å². The van der Waals surface area contributed by atoms with Crippen LogP contribution in [-0.2, 0) is 0 Å². The third-order valence-electron chi connectivity index (χ3n) is 8.35. The first-order chi connectivity index (χ1) is 24.2. The average molecular weight is 554 g/mol. The van der Waals surface area contributed by atoms with Crippen molar-refractivity contribution in [2.45, 2.75) is 0 Å². The Bertz CT molecular complexity index is 2840. The first-order valence-corrected chi connectivity index (χ1v) is 14.2. The van der Waals surface area contributed by atoms with Gasteiger partial charge in [-0.3, -0.25) is 0 Å². The quantitative estimate of drug-likeness (QED) is 0.198. The molecule has 0 aliphatic heterocycles. The van der Waals surface area contributed by atoms with E-state index in [4.69, 9.17) is 14.0 Å². The zero-order chi connectivity index (χ0) is 34.4. The standard InChI is InChI=1S/C42H26O/c1-2-15-31-27(11-1)12-10-21-32(31)28-13-9-14-29(25-28)41-35-17-3-5-19-37(35)42(38-20-6-4-18-36(38)41)30-23-24-34-33-16-7-8-22-39(33)43-40(34)26-30/h1-26H/i1D,2D,10D,11D,12D,15D,21D. The number of rotatable bonds is 3. The minimum absolute atomic E-state index is 0.0564. The maximum absolute atomic E-state index is 8.93. The van der Waals surface area contributed by atoms with Crippen molar-refractivity contribution in [3.63, 3.8) is 0 Å². The van der Waals surface area contributed by atoms with Crippen LogP contribution in [0.1, 0.15) is 9.60 Å². The van der Waals surface area contributed by atoms with Gasteiger partial charge in [0.05, 0.1) is 9.60 Å². The fourth-order valence-electron chi connectivity index (χ4n) is 6.49. The molecule has 0 saturated heterocycles. The Morgan fingerprint density at radius 3 is 1.72 bits per heavy atom. The van der Waals surface area contributed by atoms with Crippen molar-refractivity contribution in [1.82, 2.24) is 0 Å². The zero-order valence-electron chi connectivity index (χ0n) is 29.9. The Labute approximate surface area is 259 Å². The van der Waals surface area contributed by atoms with Crippen LogP contribution in [-0.4, -0.2) is 0 Å². The molecule has 0 atom stereocenters. The summed E-state index contributed by atoms with van der Waals surface area (Å²) in [5, 5.41) is 6.29. The maximum Gasteiger partial charge on any atom is 0.136 e. The molecule has 0 amide bonds. The number of fused-ring (bicyclic) bond motifs is 6. The van der Waals surface area contributed by atoms with E-state index in [9.17, 15) is 0 Å². The van der Waals surface area contributed by atoms with E-state index in [0.29, 0.717) is 5.56 Å². The van der Waals surface area contributed by atoms with Gasteiger partial charge in [-0.1, -0.05) is 133 Å². The number of hydrogen-bond acceptors (Lipinski definition) is 1. The summed E-state index contributed by atoms with van der Waals surface area (Å²) in [5.74, 6) is 0. The molecular weight excluding hydrogens is 520 g/mol. The Kier molecular flexibility index (Phi) is 3.95. The van der Waals surface area contributed by atoms with Crippen molar-refractivity contribution in [2.24, 2.45) is 0 Å². The first kappa shape index (κ1) is 18.0. The third kappa shape index (κ3) is 3.72. The summed E-state index contributed by atoms with van der Waals surface area (Å²) in [6, 6.07) is 35.9. The molecule has 0 fully saturated rings. The Hall–Kier alpha value is -5.66. The highest BCUT2D eigenvalue weighted by molar-refractivity contribution is 6.22. The van der Waals surface area contributed by atoms with Gasteiger partial charge in [0.1, 0.15) is 11.2 Å². The SMILES string of the molecule is [2H]c1c([2H])c([2H])c2c(-c3cccc(-c4c5ccccc5c(-c5ccc6c(c5)oc5ccccc56)c5ccccc45)c3)c([2H])c([2H])c([2H])c2c1[2H]. The van der Waals surface area contributed by atoms with Crippen LogP contribution >= 0.6 is 0 Å². The highest BCUT2D eigenvalue weighted by atomic mass is 16.3. The fraction of sp³-hybridized carbons (Fsp3) is 0.